The van der Waals surface area contributed by atoms with Gasteiger partial charge in [0, 0.05) is 6.61 Å². The predicted molar refractivity (Wildman–Crippen MR) is 68.3 cm³/mol. The van der Waals surface area contributed by atoms with Gasteiger partial charge in [0.05, 0.1) is 0 Å². The molecule has 2 aliphatic carbocycles. The maximum Gasteiger partial charge on any atom is 0.0492 e. The van der Waals surface area contributed by atoms with Gasteiger partial charge in [-0.2, -0.15) is 0 Å². The van der Waals surface area contributed by atoms with Crippen LogP contribution in [-0.2, 0) is 0 Å². The van der Waals surface area contributed by atoms with Crippen molar-refractivity contribution >= 4 is 0 Å². The molecule has 0 saturated heterocycles. The van der Waals surface area contributed by atoms with Crippen molar-refractivity contribution < 1.29 is 5.11 Å². The van der Waals surface area contributed by atoms with E-state index in [1.165, 1.54) is 57.8 Å². The molecule has 2 rings (SSSR count). The molecule has 0 spiro atoms. The Morgan fingerprint density at radius 1 is 1.00 bits per heavy atom. The Kier molecular flexibility index (Phi) is 3.63. The van der Waals surface area contributed by atoms with E-state index >= 15 is 0 Å². The van der Waals surface area contributed by atoms with Crippen LogP contribution in [0.4, 0.5) is 0 Å². The number of hydrogen-bond donors (Lipinski definition) is 1. The molecule has 16 heavy (non-hydrogen) atoms. The molecule has 0 aromatic carbocycles. The van der Waals surface area contributed by atoms with Crippen LogP contribution in [0.1, 0.15) is 71.6 Å². The Hall–Kier alpha value is -0.0400. The van der Waals surface area contributed by atoms with Crippen molar-refractivity contribution in [1.29, 1.82) is 0 Å². The van der Waals surface area contributed by atoms with E-state index in [0.29, 0.717) is 12.0 Å². The second-order valence-electron chi connectivity index (χ2n) is 6.70. The Morgan fingerprint density at radius 2 is 1.56 bits per heavy atom. The smallest absolute Gasteiger partial charge is 0.0492 e. The zero-order valence-electron chi connectivity index (χ0n) is 11.1. The third-order valence-electron chi connectivity index (χ3n) is 5.86. The summed E-state index contributed by atoms with van der Waals surface area (Å²) in [7, 11) is 0. The molecular weight excluding hydrogens is 196 g/mol. The molecule has 2 fully saturated rings. The summed E-state index contributed by atoms with van der Waals surface area (Å²) in [6.07, 6.45) is 12.2. The molecule has 0 bridgehead atoms. The lowest BCUT2D eigenvalue weighted by Gasteiger charge is -2.51. The monoisotopic (exact) mass is 224 g/mol. The van der Waals surface area contributed by atoms with E-state index in [2.05, 4.69) is 13.8 Å². The van der Waals surface area contributed by atoms with Gasteiger partial charge < -0.3 is 5.11 Å². The highest BCUT2D eigenvalue weighted by atomic mass is 16.3. The maximum absolute atomic E-state index is 9.94. The Balaban J connectivity index is 2.16. The molecule has 2 aliphatic rings. The number of aliphatic hydroxyl groups is 1. The van der Waals surface area contributed by atoms with Crippen molar-refractivity contribution in [2.45, 2.75) is 71.6 Å². The zero-order valence-corrected chi connectivity index (χ0v) is 11.1. The highest BCUT2D eigenvalue weighted by Gasteiger charge is 2.49. The van der Waals surface area contributed by atoms with E-state index in [1.807, 2.05) is 0 Å². The summed E-state index contributed by atoms with van der Waals surface area (Å²) in [4.78, 5) is 0. The van der Waals surface area contributed by atoms with Gasteiger partial charge in [-0.15, -0.1) is 0 Å². The van der Waals surface area contributed by atoms with E-state index in [-0.39, 0.29) is 5.41 Å². The highest BCUT2D eigenvalue weighted by molar-refractivity contribution is 4.98. The summed E-state index contributed by atoms with van der Waals surface area (Å²) in [5, 5.41) is 9.94. The van der Waals surface area contributed by atoms with Crippen LogP contribution in [0.2, 0.25) is 0 Å². The van der Waals surface area contributed by atoms with E-state index in [0.717, 1.165) is 5.92 Å². The van der Waals surface area contributed by atoms with Gasteiger partial charge in [-0.25, -0.2) is 0 Å². The lowest BCUT2D eigenvalue weighted by Crippen LogP contribution is -2.46. The molecule has 0 amide bonds. The first-order valence-corrected chi connectivity index (χ1v) is 7.23. The molecule has 0 unspecified atom stereocenters. The molecule has 0 aromatic heterocycles. The number of rotatable bonds is 3. The maximum atomic E-state index is 9.94. The summed E-state index contributed by atoms with van der Waals surface area (Å²) in [5.41, 5.74) is 0.582. The topological polar surface area (TPSA) is 20.2 Å². The van der Waals surface area contributed by atoms with Crippen LogP contribution in [0.15, 0.2) is 0 Å². The number of aliphatic hydroxyl groups excluding tert-OH is 1. The van der Waals surface area contributed by atoms with Gasteiger partial charge in [-0.3, -0.25) is 0 Å². The SMILES string of the molecule is CC(C)(C1CCCC1)C1(CO)CCCCC1. The van der Waals surface area contributed by atoms with E-state index in [9.17, 15) is 5.11 Å². The largest absolute Gasteiger partial charge is 0.396 e. The molecule has 1 N–H and O–H groups in total. The van der Waals surface area contributed by atoms with Gasteiger partial charge in [0.2, 0.25) is 0 Å². The minimum atomic E-state index is 0.236. The molecule has 2 saturated carbocycles. The molecular formula is C15H28O. The summed E-state index contributed by atoms with van der Waals surface area (Å²) in [5.74, 6) is 0.859. The fourth-order valence-corrected chi connectivity index (χ4v) is 4.32. The molecule has 0 aliphatic heterocycles. The van der Waals surface area contributed by atoms with Crippen molar-refractivity contribution in [3.63, 3.8) is 0 Å². The van der Waals surface area contributed by atoms with Crippen LogP contribution in [-0.4, -0.2) is 11.7 Å². The molecule has 1 nitrogen and oxygen atoms in total. The molecule has 0 heterocycles. The van der Waals surface area contributed by atoms with Gasteiger partial charge >= 0.3 is 0 Å². The Bertz CT molecular complexity index is 220. The van der Waals surface area contributed by atoms with E-state index < -0.39 is 0 Å². The van der Waals surface area contributed by atoms with Crippen LogP contribution in [0.25, 0.3) is 0 Å². The Labute approximate surface area is 101 Å². The molecule has 0 aromatic rings. The van der Waals surface area contributed by atoms with Crippen LogP contribution < -0.4 is 0 Å². The molecule has 1 heteroatoms. The zero-order chi connectivity index (χ0) is 11.6. The van der Waals surface area contributed by atoms with Crippen LogP contribution in [0, 0.1) is 16.7 Å². The normalized spacial score (nSPS) is 27.2. The van der Waals surface area contributed by atoms with Crippen molar-refractivity contribution in [3.8, 4) is 0 Å². The first-order chi connectivity index (χ1) is 7.62. The van der Waals surface area contributed by atoms with Crippen LogP contribution in [0.5, 0.6) is 0 Å². The van der Waals surface area contributed by atoms with Crippen molar-refractivity contribution in [3.05, 3.63) is 0 Å². The first kappa shape index (κ1) is 12.4. The quantitative estimate of drug-likeness (QED) is 0.763. The van der Waals surface area contributed by atoms with Gasteiger partial charge in [-0.1, -0.05) is 46.0 Å². The second kappa shape index (κ2) is 4.68. The fourth-order valence-electron chi connectivity index (χ4n) is 4.32. The third kappa shape index (κ3) is 1.92. The average molecular weight is 224 g/mol. The van der Waals surface area contributed by atoms with Gasteiger partial charge in [-0.05, 0) is 42.4 Å². The number of hydrogen-bond acceptors (Lipinski definition) is 1. The van der Waals surface area contributed by atoms with Crippen LogP contribution >= 0.6 is 0 Å². The Morgan fingerprint density at radius 3 is 2.06 bits per heavy atom. The standard InChI is InChI=1S/C15H28O/c1-14(2,13-8-4-5-9-13)15(12-16)10-6-3-7-11-15/h13,16H,3-12H2,1-2H3. The summed E-state index contributed by atoms with van der Waals surface area (Å²) in [6, 6.07) is 0. The van der Waals surface area contributed by atoms with Crippen molar-refractivity contribution in [2.24, 2.45) is 16.7 Å². The summed E-state index contributed by atoms with van der Waals surface area (Å²) < 4.78 is 0. The van der Waals surface area contributed by atoms with E-state index in [1.54, 1.807) is 0 Å². The lowest BCUT2D eigenvalue weighted by molar-refractivity contribution is -0.0622. The minimum Gasteiger partial charge on any atom is -0.396 e. The molecule has 0 atom stereocenters. The molecule has 94 valence electrons. The third-order valence-corrected chi connectivity index (χ3v) is 5.86. The van der Waals surface area contributed by atoms with Gasteiger partial charge in [0.15, 0.2) is 0 Å². The summed E-state index contributed by atoms with van der Waals surface area (Å²) >= 11 is 0. The summed E-state index contributed by atoms with van der Waals surface area (Å²) in [6.45, 7) is 5.28. The minimum absolute atomic E-state index is 0.236. The van der Waals surface area contributed by atoms with E-state index in [4.69, 9.17) is 0 Å². The van der Waals surface area contributed by atoms with Crippen LogP contribution in [0.3, 0.4) is 0 Å². The van der Waals surface area contributed by atoms with Crippen molar-refractivity contribution in [1.82, 2.24) is 0 Å². The average Bonchev–Trinajstić information content (AvgIpc) is 2.84. The van der Waals surface area contributed by atoms with Crippen molar-refractivity contribution in [2.75, 3.05) is 6.61 Å². The fraction of sp³-hybridized carbons (Fsp3) is 1.00. The van der Waals surface area contributed by atoms with Gasteiger partial charge in [0.1, 0.15) is 0 Å². The highest BCUT2D eigenvalue weighted by Crippen LogP contribution is 2.56. The van der Waals surface area contributed by atoms with Gasteiger partial charge in [0.25, 0.3) is 0 Å². The lowest BCUT2D eigenvalue weighted by atomic mass is 9.54. The first-order valence-electron chi connectivity index (χ1n) is 7.23. The second-order valence-corrected chi connectivity index (χ2v) is 6.70. The molecule has 0 radical (unpaired) electrons. The predicted octanol–water partition coefficient (Wildman–Crippen LogP) is 4.15.